The predicted octanol–water partition coefficient (Wildman–Crippen LogP) is 1.49. The highest BCUT2D eigenvalue weighted by molar-refractivity contribution is 14.1. The van der Waals surface area contributed by atoms with E-state index in [1.807, 2.05) is 22.6 Å². The molecule has 0 fully saturated rings. The molecule has 2 heterocycles. The van der Waals surface area contributed by atoms with Gasteiger partial charge in [0.25, 0.3) is 5.56 Å². The lowest BCUT2D eigenvalue weighted by Crippen LogP contribution is -2.24. The van der Waals surface area contributed by atoms with E-state index in [1.54, 1.807) is 0 Å². The van der Waals surface area contributed by atoms with Gasteiger partial charge in [-0.25, -0.2) is 9.97 Å². The summed E-state index contributed by atoms with van der Waals surface area (Å²) in [6.07, 6.45) is 5.16. The Bertz CT molecular complexity index is 580. The van der Waals surface area contributed by atoms with Crippen LogP contribution in [-0.2, 0) is 6.54 Å². The normalized spacial score (nSPS) is 11.1. The van der Waals surface area contributed by atoms with Crippen LogP contribution in [0, 0.1) is 3.57 Å². The Kier molecular flexibility index (Phi) is 3.50. The Morgan fingerprint density at radius 1 is 1.47 bits per heavy atom. The van der Waals surface area contributed by atoms with Gasteiger partial charge in [-0.3, -0.25) is 13.9 Å². The van der Waals surface area contributed by atoms with Crippen LogP contribution in [0.5, 0.6) is 0 Å². The molecule has 8 heteroatoms. The van der Waals surface area contributed by atoms with Crippen molar-refractivity contribution in [1.29, 1.82) is 0 Å². The van der Waals surface area contributed by atoms with Gasteiger partial charge in [0.05, 0.1) is 16.4 Å². The standard InChI is InChI=1S/C9H7F2IN4O/c10-9(11)16-2-1-14-7(16)4-15-5-13-3-6(12)8(15)17/h1-3,5,9H,4H2. The van der Waals surface area contributed by atoms with E-state index in [-0.39, 0.29) is 17.9 Å². The molecule has 0 radical (unpaired) electrons. The maximum Gasteiger partial charge on any atom is 0.319 e. The van der Waals surface area contributed by atoms with Crippen molar-refractivity contribution in [3.05, 3.63) is 44.7 Å². The second-order valence-corrected chi connectivity index (χ2v) is 4.37. The Morgan fingerprint density at radius 3 is 2.94 bits per heavy atom. The van der Waals surface area contributed by atoms with Gasteiger partial charge in [0.15, 0.2) is 0 Å². The molecule has 0 saturated heterocycles. The summed E-state index contributed by atoms with van der Waals surface area (Å²) < 4.78 is 27.5. The number of hydrogen-bond donors (Lipinski definition) is 0. The molecule has 2 rings (SSSR count). The topological polar surface area (TPSA) is 52.7 Å². The molecule has 0 unspecified atom stereocenters. The SMILES string of the molecule is O=c1c(I)cncn1Cc1nccn1C(F)F. The van der Waals surface area contributed by atoms with E-state index in [2.05, 4.69) is 9.97 Å². The molecule has 2 aromatic heterocycles. The minimum atomic E-state index is -2.67. The molecule has 0 N–H and O–H groups in total. The molecule has 0 aromatic carbocycles. The van der Waals surface area contributed by atoms with Crippen molar-refractivity contribution in [1.82, 2.24) is 19.1 Å². The van der Waals surface area contributed by atoms with E-state index in [1.165, 1.54) is 29.5 Å². The highest BCUT2D eigenvalue weighted by atomic mass is 127. The summed E-state index contributed by atoms with van der Waals surface area (Å²) in [5.74, 6) is 0.117. The number of halogens is 3. The highest BCUT2D eigenvalue weighted by Crippen LogP contribution is 2.12. The number of alkyl halides is 2. The van der Waals surface area contributed by atoms with Gasteiger partial charge < -0.3 is 0 Å². The lowest BCUT2D eigenvalue weighted by Gasteiger charge is -2.07. The van der Waals surface area contributed by atoms with Crippen LogP contribution in [0.25, 0.3) is 0 Å². The quantitative estimate of drug-likeness (QED) is 0.787. The first-order valence-electron chi connectivity index (χ1n) is 4.59. The monoisotopic (exact) mass is 352 g/mol. The number of imidazole rings is 1. The van der Waals surface area contributed by atoms with Crippen molar-refractivity contribution in [2.24, 2.45) is 0 Å². The van der Waals surface area contributed by atoms with Gasteiger partial charge in [-0.05, 0) is 22.6 Å². The zero-order chi connectivity index (χ0) is 12.4. The molecule has 0 bridgehead atoms. The van der Waals surface area contributed by atoms with E-state index in [4.69, 9.17) is 0 Å². The van der Waals surface area contributed by atoms with E-state index in [0.29, 0.717) is 8.14 Å². The molecule has 0 aliphatic heterocycles. The summed E-state index contributed by atoms with van der Waals surface area (Å²) in [5.41, 5.74) is -0.274. The van der Waals surface area contributed by atoms with E-state index >= 15 is 0 Å². The first-order chi connectivity index (χ1) is 8.09. The number of rotatable bonds is 3. The fourth-order valence-electron chi connectivity index (χ4n) is 1.33. The van der Waals surface area contributed by atoms with Crippen molar-refractivity contribution in [2.45, 2.75) is 13.1 Å². The molecular formula is C9H7F2IN4O. The number of nitrogens with zero attached hydrogens (tertiary/aromatic N) is 4. The zero-order valence-corrected chi connectivity index (χ0v) is 10.6. The van der Waals surface area contributed by atoms with Crippen LogP contribution in [0.15, 0.2) is 29.7 Å². The summed E-state index contributed by atoms with van der Waals surface area (Å²) in [5, 5.41) is 0. The van der Waals surface area contributed by atoms with Crippen LogP contribution >= 0.6 is 22.6 Å². The largest absolute Gasteiger partial charge is 0.319 e. The summed E-state index contributed by atoms with van der Waals surface area (Å²) in [6, 6.07) is 0. The highest BCUT2D eigenvalue weighted by Gasteiger charge is 2.12. The maximum atomic E-state index is 12.6. The fraction of sp³-hybridized carbons (Fsp3) is 0.222. The van der Waals surface area contributed by atoms with Crippen LogP contribution in [0.2, 0.25) is 0 Å². The van der Waals surface area contributed by atoms with Crippen molar-refractivity contribution in [3.8, 4) is 0 Å². The van der Waals surface area contributed by atoms with Crippen LogP contribution in [-0.4, -0.2) is 19.1 Å². The van der Waals surface area contributed by atoms with Gasteiger partial charge in [-0.15, -0.1) is 0 Å². The van der Waals surface area contributed by atoms with Gasteiger partial charge in [0.2, 0.25) is 0 Å². The van der Waals surface area contributed by atoms with Crippen molar-refractivity contribution >= 4 is 22.6 Å². The van der Waals surface area contributed by atoms with Crippen molar-refractivity contribution < 1.29 is 8.78 Å². The van der Waals surface area contributed by atoms with Crippen LogP contribution in [0.3, 0.4) is 0 Å². The van der Waals surface area contributed by atoms with Gasteiger partial charge in [0.1, 0.15) is 5.82 Å². The molecular weight excluding hydrogens is 345 g/mol. The first-order valence-corrected chi connectivity index (χ1v) is 5.67. The van der Waals surface area contributed by atoms with Gasteiger partial charge >= 0.3 is 6.55 Å². The average Bonchev–Trinajstić information content (AvgIpc) is 2.73. The van der Waals surface area contributed by atoms with Crippen molar-refractivity contribution in [3.63, 3.8) is 0 Å². The zero-order valence-electron chi connectivity index (χ0n) is 8.42. The Labute approximate surface area is 108 Å². The van der Waals surface area contributed by atoms with Crippen molar-refractivity contribution in [2.75, 3.05) is 0 Å². The predicted molar refractivity (Wildman–Crippen MR) is 63.8 cm³/mol. The van der Waals surface area contributed by atoms with Crippen LogP contribution < -0.4 is 5.56 Å². The second kappa shape index (κ2) is 4.90. The third kappa shape index (κ3) is 2.51. The third-order valence-electron chi connectivity index (χ3n) is 2.13. The molecule has 0 aliphatic rings. The summed E-state index contributed by atoms with van der Waals surface area (Å²) in [4.78, 5) is 19.3. The lowest BCUT2D eigenvalue weighted by atomic mass is 10.5. The van der Waals surface area contributed by atoms with E-state index in [0.717, 1.165) is 0 Å². The summed E-state index contributed by atoms with van der Waals surface area (Å²) in [7, 11) is 0. The Morgan fingerprint density at radius 2 is 2.24 bits per heavy atom. The van der Waals surface area contributed by atoms with E-state index in [9.17, 15) is 13.6 Å². The first kappa shape index (κ1) is 12.1. The summed E-state index contributed by atoms with van der Waals surface area (Å²) >= 11 is 1.84. The number of aromatic nitrogens is 4. The fourth-order valence-corrected chi connectivity index (χ4v) is 1.80. The Balaban J connectivity index is 2.35. The number of hydrogen-bond acceptors (Lipinski definition) is 3. The van der Waals surface area contributed by atoms with Gasteiger partial charge in [0, 0.05) is 18.6 Å². The molecule has 0 atom stereocenters. The molecule has 2 aromatic rings. The smallest absolute Gasteiger partial charge is 0.291 e. The maximum absolute atomic E-state index is 12.6. The minimum Gasteiger partial charge on any atom is -0.291 e. The summed E-state index contributed by atoms with van der Waals surface area (Å²) in [6.45, 7) is -2.70. The van der Waals surface area contributed by atoms with E-state index < -0.39 is 6.55 Å². The van der Waals surface area contributed by atoms with Crippen LogP contribution in [0.1, 0.15) is 12.4 Å². The Hall–Kier alpha value is -1.32. The minimum absolute atomic E-state index is 0.0278. The molecule has 0 aliphatic carbocycles. The molecule has 0 saturated carbocycles. The average molecular weight is 352 g/mol. The molecule has 0 amide bonds. The molecule has 5 nitrogen and oxygen atoms in total. The second-order valence-electron chi connectivity index (χ2n) is 3.20. The van der Waals surface area contributed by atoms with Crippen LogP contribution in [0.4, 0.5) is 8.78 Å². The third-order valence-corrected chi connectivity index (χ3v) is 2.87. The molecule has 0 spiro atoms. The molecule has 17 heavy (non-hydrogen) atoms. The van der Waals surface area contributed by atoms with Gasteiger partial charge in [-0.1, -0.05) is 0 Å². The molecule has 90 valence electrons. The van der Waals surface area contributed by atoms with Gasteiger partial charge in [-0.2, -0.15) is 8.78 Å². The lowest BCUT2D eigenvalue weighted by molar-refractivity contribution is 0.0666.